The molecule has 0 aliphatic rings. The highest BCUT2D eigenvalue weighted by atomic mass is 35.5. The molecule has 0 amide bonds. The maximum Gasteiger partial charge on any atom is 0.373 e. The first-order valence-corrected chi connectivity index (χ1v) is 6.14. The summed E-state index contributed by atoms with van der Waals surface area (Å²) >= 11 is 5.97. The highest BCUT2D eigenvalue weighted by Crippen LogP contribution is 2.33. The Hall–Kier alpha value is -1.94. The maximum absolute atomic E-state index is 11.4. The van der Waals surface area contributed by atoms with Crippen LogP contribution < -0.4 is 4.74 Å². The van der Waals surface area contributed by atoms with E-state index < -0.39 is 5.97 Å². The molecule has 0 saturated carbocycles. The Kier molecular flexibility index (Phi) is 4.12. The van der Waals surface area contributed by atoms with Crippen molar-refractivity contribution >= 4 is 17.6 Å². The van der Waals surface area contributed by atoms with E-state index in [0.717, 1.165) is 0 Å². The summed E-state index contributed by atoms with van der Waals surface area (Å²) in [7, 11) is 1.30. The standard InChI is InChI=1S/C14H13ClO4/c1-3-18-11-5-4-9(15)8-10(11)12-6-7-13(19-12)14(16)17-2/h4-8H,3H2,1-2H3. The van der Waals surface area contributed by atoms with Crippen molar-refractivity contribution in [2.24, 2.45) is 0 Å². The van der Waals surface area contributed by atoms with E-state index in [1.807, 2.05) is 6.92 Å². The quantitative estimate of drug-likeness (QED) is 0.800. The Labute approximate surface area is 115 Å². The van der Waals surface area contributed by atoms with Crippen LogP contribution in [0, 0.1) is 0 Å². The largest absolute Gasteiger partial charge is 0.493 e. The number of carbonyl (C=O) groups is 1. The van der Waals surface area contributed by atoms with Crippen molar-refractivity contribution in [2.75, 3.05) is 13.7 Å². The summed E-state index contributed by atoms with van der Waals surface area (Å²) in [5.41, 5.74) is 0.699. The van der Waals surface area contributed by atoms with Gasteiger partial charge in [-0.15, -0.1) is 0 Å². The molecule has 0 aliphatic heterocycles. The van der Waals surface area contributed by atoms with Gasteiger partial charge in [-0.25, -0.2) is 4.79 Å². The molecule has 0 bridgehead atoms. The zero-order valence-corrected chi connectivity index (χ0v) is 11.4. The molecule has 0 radical (unpaired) electrons. The fraction of sp³-hybridized carbons (Fsp3) is 0.214. The molecule has 0 saturated heterocycles. The van der Waals surface area contributed by atoms with Crippen LogP contribution in [0.5, 0.6) is 5.75 Å². The third-order valence-corrected chi connectivity index (χ3v) is 2.73. The molecule has 0 spiro atoms. The van der Waals surface area contributed by atoms with Crippen molar-refractivity contribution in [2.45, 2.75) is 6.92 Å². The zero-order chi connectivity index (χ0) is 13.8. The van der Waals surface area contributed by atoms with E-state index >= 15 is 0 Å². The number of benzene rings is 1. The van der Waals surface area contributed by atoms with Crippen molar-refractivity contribution in [3.8, 4) is 17.1 Å². The molecular formula is C14H13ClO4. The summed E-state index contributed by atoms with van der Waals surface area (Å²) in [4.78, 5) is 11.4. The van der Waals surface area contributed by atoms with Gasteiger partial charge >= 0.3 is 5.97 Å². The third-order valence-electron chi connectivity index (χ3n) is 2.50. The first-order chi connectivity index (χ1) is 9.15. The number of furan rings is 1. The lowest BCUT2D eigenvalue weighted by molar-refractivity contribution is 0.0566. The molecular weight excluding hydrogens is 268 g/mol. The van der Waals surface area contributed by atoms with E-state index in [0.29, 0.717) is 28.7 Å². The van der Waals surface area contributed by atoms with E-state index in [1.54, 1.807) is 30.3 Å². The Morgan fingerprint density at radius 3 is 2.79 bits per heavy atom. The van der Waals surface area contributed by atoms with E-state index in [9.17, 15) is 4.79 Å². The molecule has 100 valence electrons. The van der Waals surface area contributed by atoms with Gasteiger partial charge in [-0.1, -0.05) is 11.6 Å². The van der Waals surface area contributed by atoms with Crippen LogP contribution >= 0.6 is 11.6 Å². The Morgan fingerprint density at radius 1 is 1.32 bits per heavy atom. The molecule has 2 rings (SSSR count). The maximum atomic E-state index is 11.4. The lowest BCUT2D eigenvalue weighted by Crippen LogP contribution is -1.98. The number of ether oxygens (including phenoxy) is 2. The molecule has 0 unspecified atom stereocenters. The summed E-state index contributed by atoms with van der Waals surface area (Å²) < 4.78 is 15.6. The van der Waals surface area contributed by atoms with E-state index in [4.69, 9.17) is 20.8 Å². The zero-order valence-electron chi connectivity index (χ0n) is 10.6. The Balaban J connectivity index is 2.42. The van der Waals surface area contributed by atoms with Gasteiger partial charge in [0.05, 0.1) is 19.3 Å². The number of carbonyl (C=O) groups excluding carboxylic acids is 1. The first-order valence-electron chi connectivity index (χ1n) is 5.76. The van der Waals surface area contributed by atoms with E-state index in [1.165, 1.54) is 7.11 Å². The van der Waals surface area contributed by atoms with Crippen LogP contribution in [0.3, 0.4) is 0 Å². The minimum Gasteiger partial charge on any atom is -0.493 e. The van der Waals surface area contributed by atoms with Gasteiger partial charge in [-0.3, -0.25) is 0 Å². The van der Waals surface area contributed by atoms with Crippen LogP contribution in [0.2, 0.25) is 5.02 Å². The van der Waals surface area contributed by atoms with Crippen molar-refractivity contribution < 1.29 is 18.7 Å². The molecule has 19 heavy (non-hydrogen) atoms. The summed E-state index contributed by atoms with van der Waals surface area (Å²) in [6.45, 7) is 2.42. The van der Waals surface area contributed by atoms with Crippen LogP contribution in [-0.2, 0) is 4.74 Å². The van der Waals surface area contributed by atoms with Crippen molar-refractivity contribution in [1.82, 2.24) is 0 Å². The summed E-state index contributed by atoms with van der Waals surface area (Å²) in [6, 6.07) is 8.46. The van der Waals surface area contributed by atoms with Gasteiger partial charge in [0.1, 0.15) is 11.5 Å². The van der Waals surface area contributed by atoms with Gasteiger partial charge in [-0.05, 0) is 37.3 Å². The Morgan fingerprint density at radius 2 is 2.11 bits per heavy atom. The summed E-state index contributed by atoms with van der Waals surface area (Å²) in [5.74, 6) is 0.773. The van der Waals surface area contributed by atoms with Crippen LogP contribution in [0.4, 0.5) is 0 Å². The van der Waals surface area contributed by atoms with E-state index in [-0.39, 0.29) is 5.76 Å². The average Bonchev–Trinajstić information content (AvgIpc) is 2.89. The van der Waals surface area contributed by atoms with Gasteiger partial charge in [0.25, 0.3) is 0 Å². The fourth-order valence-electron chi connectivity index (χ4n) is 1.67. The normalized spacial score (nSPS) is 10.3. The average molecular weight is 281 g/mol. The molecule has 2 aromatic rings. The second-order valence-electron chi connectivity index (χ2n) is 3.73. The number of hydrogen-bond acceptors (Lipinski definition) is 4. The minimum absolute atomic E-state index is 0.139. The lowest BCUT2D eigenvalue weighted by atomic mass is 10.1. The predicted octanol–water partition coefficient (Wildman–Crippen LogP) is 3.79. The molecule has 0 fully saturated rings. The molecule has 1 heterocycles. The van der Waals surface area contributed by atoms with Gasteiger partial charge in [0, 0.05) is 5.02 Å². The molecule has 0 N–H and O–H groups in total. The highest BCUT2D eigenvalue weighted by Gasteiger charge is 2.15. The second kappa shape index (κ2) is 5.80. The third kappa shape index (κ3) is 2.90. The molecule has 5 heteroatoms. The van der Waals surface area contributed by atoms with Gasteiger partial charge in [0.15, 0.2) is 0 Å². The highest BCUT2D eigenvalue weighted by molar-refractivity contribution is 6.30. The van der Waals surface area contributed by atoms with Crippen LogP contribution in [0.15, 0.2) is 34.7 Å². The van der Waals surface area contributed by atoms with Crippen LogP contribution in [0.25, 0.3) is 11.3 Å². The molecule has 1 aromatic heterocycles. The SMILES string of the molecule is CCOc1ccc(Cl)cc1-c1ccc(C(=O)OC)o1. The van der Waals surface area contributed by atoms with Gasteiger partial charge in [-0.2, -0.15) is 0 Å². The topological polar surface area (TPSA) is 48.7 Å². The number of halogens is 1. The van der Waals surface area contributed by atoms with Gasteiger partial charge in [0.2, 0.25) is 5.76 Å². The number of methoxy groups -OCH3 is 1. The molecule has 4 nitrogen and oxygen atoms in total. The second-order valence-corrected chi connectivity index (χ2v) is 4.17. The summed E-state index contributed by atoms with van der Waals surface area (Å²) in [6.07, 6.45) is 0. The van der Waals surface area contributed by atoms with Crippen molar-refractivity contribution in [3.63, 3.8) is 0 Å². The number of esters is 1. The smallest absolute Gasteiger partial charge is 0.373 e. The van der Waals surface area contributed by atoms with Crippen LogP contribution in [-0.4, -0.2) is 19.7 Å². The van der Waals surface area contributed by atoms with Crippen LogP contribution in [0.1, 0.15) is 17.5 Å². The minimum atomic E-state index is -0.522. The summed E-state index contributed by atoms with van der Waals surface area (Å²) in [5, 5.41) is 0.564. The number of rotatable bonds is 4. The predicted molar refractivity (Wildman–Crippen MR) is 71.7 cm³/mol. The first kappa shape index (κ1) is 13.5. The van der Waals surface area contributed by atoms with Gasteiger partial charge < -0.3 is 13.9 Å². The van der Waals surface area contributed by atoms with E-state index in [2.05, 4.69) is 4.74 Å². The monoisotopic (exact) mass is 280 g/mol. The lowest BCUT2D eigenvalue weighted by Gasteiger charge is -2.08. The number of hydrogen-bond donors (Lipinski definition) is 0. The fourth-order valence-corrected chi connectivity index (χ4v) is 1.84. The molecule has 0 atom stereocenters. The molecule has 0 aliphatic carbocycles. The van der Waals surface area contributed by atoms with Crippen molar-refractivity contribution in [1.29, 1.82) is 0 Å². The van der Waals surface area contributed by atoms with Crippen molar-refractivity contribution in [3.05, 3.63) is 41.1 Å². The Bertz CT molecular complexity index is 589. The molecule has 1 aromatic carbocycles.